The number of anilines is 1. The highest BCUT2D eigenvalue weighted by Gasteiger charge is 2.32. The van der Waals surface area contributed by atoms with Gasteiger partial charge in [-0.05, 0) is 56.0 Å². The Morgan fingerprint density at radius 1 is 1.02 bits per heavy atom. The summed E-state index contributed by atoms with van der Waals surface area (Å²) in [6, 6.07) is 15.3. The topological polar surface area (TPSA) is 131 Å². The number of ether oxygens (including phenoxy) is 2. The second-order valence-electron chi connectivity index (χ2n) is 9.90. The Morgan fingerprint density at radius 2 is 1.76 bits per heavy atom. The molecule has 8 nitrogen and oxygen atoms in total. The van der Waals surface area contributed by atoms with Crippen LogP contribution >= 0.6 is 11.8 Å². The first kappa shape index (κ1) is 28.2. The Bertz CT molecular complexity index is 1680. The lowest BCUT2D eigenvalue weighted by Gasteiger charge is -2.17. The highest BCUT2D eigenvalue weighted by Crippen LogP contribution is 2.37. The minimum Gasteiger partial charge on any atom is -0.444 e. The van der Waals surface area contributed by atoms with Gasteiger partial charge in [-0.3, -0.25) is 0 Å². The number of nitriles is 2. The first-order valence-corrected chi connectivity index (χ1v) is 13.7. The molecular formula is C30H25F2N5O3S. The van der Waals surface area contributed by atoms with Crippen LogP contribution in [0.15, 0.2) is 58.2 Å². The van der Waals surface area contributed by atoms with Crippen LogP contribution in [-0.2, 0) is 21.6 Å². The molecule has 208 valence electrons. The van der Waals surface area contributed by atoms with Crippen LogP contribution in [0, 0.1) is 34.3 Å². The van der Waals surface area contributed by atoms with E-state index in [0.29, 0.717) is 28.5 Å². The van der Waals surface area contributed by atoms with Gasteiger partial charge in [-0.2, -0.15) is 10.5 Å². The van der Waals surface area contributed by atoms with E-state index >= 15 is 0 Å². The van der Waals surface area contributed by atoms with Crippen LogP contribution in [0.1, 0.15) is 42.7 Å². The highest BCUT2D eigenvalue weighted by molar-refractivity contribution is 7.98. The first-order valence-electron chi connectivity index (χ1n) is 12.7. The monoisotopic (exact) mass is 573 g/mol. The summed E-state index contributed by atoms with van der Waals surface area (Å²) >= 11 is 1.20. The van der Waals surface area contributed by atoms with E-state index in [-0.39, 0.29) is 40.3 Å². The van der Waals surface area contributed by atoms with Gasteiger partial charge >= 0.3 is 0 Å². The summed E-state index contributed by atoms with van der Waals surface area (Å²) in [5, 5.41) is 20.3. The van der Waals surface area contributed by atoms with Gasteiger partial charge in [-0.15, -0.1) is 0 Å². The van der Waals surface area contributed by atoms with E-state index in [9.17, 15) is 19.3 Å². The molecular weight excluding hydrogens is 548 g/mol. The molecule has 1 aliphatic rings. The van der Waals surface area contributed by atoms with Crippen molar-refractivity contribution in [1.29, 1.82) is 10.5 Å². The summed E-state index contributed by atoms with van der Waals surface area (Å²) in [6.07, 6.45) is 3.01. The molecule has 0 unspecified atom stereocenters. The highest BCUT2D eigenvalue weighted by atomic mass is 32.2. The fraction of sp³-hybridized carbons (Fsp3) is 0.267. The minimum absolute atomic E-state index is 0.0108. The quantitative estimate of drug-likeness (QED) is 0.238. The SMILES string of the molecule is CC1(C)OC[C@H](CCc2ccc(-c3c(C#N)c(N)nc(SCc4coc(-c5ccc(F)c(F)c5)n4)c3C#N)cc2)O1. The Kier molecular flexibility index (Phi) is 8.04. The maximum atomic E-state index is 13.6. The van der Waals surface area contributed by atoms with Gasteiger partial charge in [-0.1, -0.05) is 36.0 Å². The van der Waals surface area contributed by atoms with Crippen molar-refractivity contribution in [3.05, 3.63) is 82.7 Å². The van der Waals surface area contributed by atoms with Crippen LogP contribution in [0.5, 0.6) is 0 Å². The van der Waals surface area contributed by atoms with Crippen LogP contribution < -0.4 is 5.73 Å². The number of aromatic nitrogens is 2. The van der Waals surface area contributed by atoms with Crippen LogP contribution in [-0.4, -0.2) is 28.5 Å². The third-order valence-corrected chi connectivity index (χ3v) is 7.56. The molecule has 0 radical (unpaired) electrons. The summed E-state index contributed by atoms with van der Waals surface area (Å²) in [6.45, 7) is 4.35. The maximum Gasteiger partial charge on any atom is 0.226 e. The molecule has 0 amide bonds. The van der Waals surface area contributed by atoms with Crippen molar-refractivity contribution in [3.8, 4) is 34.7 Å². The largest absolute Gasteiger partial charge is 0.444 e. The van der Waals surface area contributed by atoms with Crippen LogP contribution in [0.2, 0.25) is 0 Å². The zero-order valence-corrected chi connectivity index (χ0v) is 23.1. The van der Waals surface area contributed by atoms with Crippen molar-refractivity contribution in [2.45, 2.75) is 49.4 Å². The number of nitrogen functional groups attached to an aromatic ring is 1. The second-order valence-corrected chi connectivity index (χ2v) is 10.9. The van der Waals surface area contributed by atoms with Gasteiger partial charge in [0.15, 0.2) is 17.4 Å². The molecule has 2 aromatic heterocycles. The number of nitrogens with two attached hydrogens (primary N) is 1. The molecule has 0 aliphatic carbocycles. The summed E-state index contributed by atoms with van der Waals surface area (Å²) in [5.41, 5.74) is 9.44. The molecule has 0 spiro atoms. The molecule has 11 heteroatoms. The predicted molar refractivity (Wildman–Crippen MR) is 148 cm³/mol. The average Bonchev–Trinajstić information content (AvgIpc) is 3.58. The molecule has 2 aromatic carbocycles. The normalized spacial score (nSPS) is 15.9. The van der Waals surface area contributed by atoms with E-state index in [1.54, 1.807) is 0 Å². The number of aryl methyl sites for hydroxylation is 1. The van der Waals surface area contributed by atoms with Crippen molar-refractivity contribution in [3.63, 3.8) is 0 Å². The van der Waals surface area contributed by atoms with Gasteiger partial charge in [0, 0.05) is 16.9 Å². The van der Waals surface area contributed by atoms with Gasteiger partial charge in [0.2, 0.25) is 5.89 Å². The number of benzene rings is 2. The van der Waals surface area contributed by atoms with Crippen LogP contribution in [0.3, 0.4) is 0 Å². The van der Waals surface area contributed by atoms with Crippen molar-refractivity contribution < 1.29 is 22.7 Å². The number of rotatable bonds is 8. The summed E-state index contributed by atoms with van der Waals surface area (Å²) < 4.78 is 43.8. The molecule has 0 bridgehead atoms. The Hall–Kier alpha value is -4.29. The molecule has 0 saturated carbocycles. The van der Waals surface area contributed by atoms with E-state index in [0.717, 1.165) is 30.5 Å². The molecule has 41 heavy (non-hydrogen) atoms. The third kappa shape index (κ3) is 6.23. The number of hydrogen-bond donors (Lipinski definition) is 1. The Balaban J connectivity index is 1.35. The molecule has 4 aromatic rings. The molecule has 1 saturated heterocycles. The third-order valence-electron chi connectivity index (χ3n) is 6.56. The van der Waals surface area contributed by atoms with E-state index in [4.69, 9.17) is 19.6 Å². The lowest BCUT2D eigenvalue weighted by atomic mass is 9.95. The molecule has 1 fully saturated rings. The summed E-state index contributed by atoms with van der Waals surface area (Å²) in [7, 11) is 0. The fourth-order valence-electron chi connectivity index (χ4n) is 4.54. The van der Waals surface area contributed by atoms with E-state index in [1.165, 1.54) is 24.1 Å². The van der Waals surface area contributed by atoms with E-state index in [1.807, 2.05) is 38.1 Å². The van der Waals surface area contributed by atoms with Gasteiger partial charge < -0.3 is 19.6 Å². The molecule has 1 aliphatic heterocycles. The van der Waals surface area contributed by atoms with Gasteiger partial charge in [0.05, 0.1) is 24.0 Å². The van der Waals surface area contributed by atoms with Gasteiger partial charge in [0.25, 0.3) is 0 Å². The summed E-state index contributed by atoms with van der Waals surface area (Å²) in [4.78, 5) is 8.66. The van der Waals surface area contributed by atoms with Gasteiger partial charge in [-0.25, -0.2) is 18.7 Å². The molecule has 1 atom stereocenters. The van der Waals surface area contributed by atoms with Crippen LogP contribution in [0.4, 0.5) is 14.6 Å². The Morgan fingerprint density at radius 3 is 2.41 bits per heavy atom. The Labute approximate surface area is 239 Å². The first-order chi connectivity index (χ1) is 19.7. The lowest BCUT2D eigenvalue weighted by molar-refractivity contribution is -0.138. The molecule has 3 heterocycles. The van der Waals surface area contributed by atoms with Crippen molar-refractivity contribution in [2.24, 2.45) is 0 Å². The number of pyridine rings is 1. The number of halogens is 2. The minimum atomic E-state index is -1.01. The van der Waals surface area contributed by atoms with Crippen LogP contribution in [0.25, 0.3) is 22.6 Å². The average molecular weight is 574 g/mol. The predicted octanol–water partition coefficient (Wildman–Crippen LogP) is 6.38. The smallest absolute Gasteiger partial charge is 0.226 e. The lowest BCUT2D eigenvalue weighted by Crippen LogP contribution is -2.21. The van der Waals surface area contributed by atoms with E-state index in [2.05, 4.69) is 22.1 Å². The summed E-state index contributed by atoms with van der Waals surface area (Å²) in [5.74, 6) is -2.14. The van der Waals surface area contributed by atoms with Crippen molar-refractivity contribution in [1.82, 2.24) is 9.97 Å². The number of nitrogens with zero attached hydrogens (tertiary/aromatic N) is 4. The fourth-order valence-corrected chi connectivity index (χ4v) is 5.41. The van der Waals surface area contributed by atoms with E-state index < -0.39 is 17.4 Å². The van der Waals surface area contributed by atoms with Crippen molar-refractivity contribution >= 4 is 17.6 Å². The maximum absolute atomic E-state index is 13.6. The molecule has 2 N–H and O–H groups in total. The zero-order chi connectivity index (χ0) is 29.1. The zero-order valence-electron chi connectivity index (χ0n) is 22.3. The van der Waals surface area contributed by atoms with Crippen molar-refractivity contribution in [2.75, 3.05) is 12.3 Å². The number of hydrogen-bond acceptors (Lipinski definition) is 9. The van der Waals surface area contributed by atoms with Gasteiger partial charge in [0.1, 0.15) is 34.8 Å². The second kappa shape index (κ2) is 11.7. The number of oxazole rings is 1. The standard InChI is InChI=1S/C30H25F2N5O3S/c1-30(2)39-15-21(40-30)9-5-17-3-6-18(7-4-17)26-22(12-33)27(35)37-29(23(26)13-34)41-16-20-14-38-28(36-20)19-8-10-24(31)25(32)11-19/h3-4,6-8,10-11,14,21H,5,9,15-16H2,1-2H3,(H2,35,37)/t21-/m0/s1. The molecule has 5 rings (SSSR count). The number of thioether (sulfide) groups is 1.